The van der Waals surface area contributed by atoms with Crippen LogP contribution in [-0.4, -0.2) is 53.0 Å². The fraction of sp³-hybridized carbons (Fsp3) is 0.556. The van der Waals surface area contributed by atoms with Crippen molar-refractivity contribution in [3.8, 4) is 0 Å². The topological polar surface area (TPSA) is 104 Å². The van der Waals surface area contributed by atoms with E-state index in [1.807, 2.05) is 15.9 Å². The van der Waals surface area contributed by atoms with Crippen molar-refractivity contribution in [2.24, 2.45) is 11.8 Å². The van der Waals surface area contributed by atoms with Gasteiger partial charge in [0.05, 0.1) is 10.8 Å². The van der Waals surface area contributed by atoms with Crippen LogP contribution >= 0.6 is 0 Å². The fourth-order valence-electron chi connectivity index (χ4n) is 3.88. The number of non-ortho nitro benzene ring substituents is 1. The summed E-state index contributed by atoms with van der Waals surface area (Å²) < 4.78 is 0. The second kappa shape index (κ2) is 7.72. The van der Waals surface area contributed by atoms with E-state index in [2.05, 4.69) is 0 Å². The van der Waals surface area contributed by atoms with Gasteiger partial charge in [0.2, 0.25) is 5.91 Å². The van der Waals surface area contributed by atoms with Gasteiger partial charge in [-0.25, -0.2) is 0 Å². The average molecular weight is 361 g/mol. The molecule has 1 aromatic rings. The fourth-order valence-corrected chi connectivity index (χ4v) is 3.88. The Balaban J connectivity index is 1.58. The summed E-state index contributed by atoms with van der Waals surface area (Å²) in [7, 11) is 0. The Hall–Kier alpha value is -2.64. The number of benzene rings is 1. The maximum absolute atomic E-state index is 12.7. The molecule has 3 rings (SSSR count). The first-order chi connectivity index (χ1) is 12.5. The molecule has 1 aliphatic carbocycles. The van der Waals surface area contributed by atoms with E-state index in [4.69, 9.17) is 0 Å². The summed E-state index contributed by atoms with van der Waals surface area (Å²) >= 11 is 0. The zero-order chi connectivity index (χ0) is 18.7. The molecule has 1 heterocycles. The number of hydrogen-bond donors (Lipinski definition) is 1. The molecule has 0 aromatic heterocycles. The number of carbonyl (C=O) groups is 2. The number of carboxylic acids is 1. The molecule has 8 nitrogen and oxygen atoms in total. The lowest BCUT2D eigenvalue weighted by atomic mass is 9.80. The number of nitrogens with zero attached hydrogens (tertiary/aromatic N) is 3. The lowest BCUT2D eigenvalue weighted by molar-refractivity contribution is -0.384. The summed E-state index contributed by atoms with van der Waals surface area (Å²) in [4.78, 5) is 38.3. The Labute approximate surface area is 151 Å². The first-order valence-electron chi connectivity index (χ1n) is 8.96. The Morgan fingerprint density at radius 2 is 1.81 bits per heavy atom. The van der Waals surface area contributed by atoms with Gasteiger partial charge in [-0.1, -0.05) is 12.5 Å². The molecule has 2 unspecified atom stereocenters. The largest absolute Gasteiger partial charge is 0.481 e. The van der Waals surface area contributed by atoms with Crippen LogP contribution in [0.3, 0.4) is 0 Å². The Bertz CT molecular complexity index is 700. The minimum atomic E-state index is -0.807. The third kappa shape index (κ3) is 3.95. The zero-order valence-corrected chi connectivity index (χ0v) is 14.5. The van der Waals surface area contributed by atoms with E-state index in [1.165, 1.54) is 6.07 Å². The maximum Gasteiger partial charge on any atom is 0.306 e. The number of piperazine rings is 1. The van der Waals surface area contributed by atoms with Crippen LogP contribution in [0.25, 0.3) is 0 Å². The molecule has 2 atom stereocenters. The van der Waals surface area contributed by atoms with Crippen molar-refractivity contribution in [1.29, 1.82) is 0 Å². The van der Waals surface area contributed by atoms with Gasteiger partial charge in [-0.2, -0.15) is 0 Å². The molecular formula is C18H23N3O5. The van der Waals surface area contributed by atoms with Crippen molar-refractivity contribution in [3.63, 3.8) is 0 Å². The first kappa shape index (κ1) is 18.2. The standard InChI is InChI=1S/C18H23N3O5/c22-17(13-3-1-4-14(11-13)18(23)24)20-9-7-19(8-10-20)15-5-2-6-16(12-15)21(25)26/h2,5-6,12-14H,1,3-4,7-11H2,(H,23,24). The predicted molar refractivity (Wildman–Crippen MR) is 95.0 cm³/mol. The van der Waals surface area contributed by atoms with E-state index in [0.717, 1.165) is 18.5 Å². The van der Waals surface area contributed by atoms with Crippen molar-refractivity contribution in [2.45, 2.75) is 25.7 Å². The van der Waals surface area contributed by atoms with Gasteiger partial charge in [0.1, 0.15) is 0 Å². The quantitative estimate of drug-likeness (QED) is 0.651. The van der Waals surface area contributed by atoms with Crippen LogP contribution in [0.4, 0.5) is 11.4 Å². The molecule has 2 fully saturated rings. The van der Waals surface area contributed by atoms with Gasteiger partial charge in [0.25, 0.3) is 5.69 Å². The number of nitro benzene ring substituents is 1. The second-order valence-corrected chi connectivity index (χ2v) is 6.99. The molecule has 1 N–H and O–H groups in total. The van der Waals surface area contributed by atoms with Crippen LogP contribution in [0.15, 0.2) is 24.3 Å². The molecular weight excluding hydrogens is 338 g/mol. The molecule has 0 bridgehead atoms. The second-order valence-electron chi connectivity index (χ2n) is 6.99. The molecule has 1 saturated carbocycles. The van der Waals surface area contributed by atoms with Gasteiger partial charge in [-0.15, -0.1) is 0 Å². The van der Waals surface area contributed by atoms with E-state index in [0.29, 0.717) is 39.0 Å². The molecule has 1 amide bonds. The number of carbonyl (C=O) groups excluding carboxylic acids is 1. The van der Waals surface area contributed by atoms with E-state index in [1.54, 1.807) is 12.1 Å². The molecule has 140 valence electrons. The average Bonchev–Trinajstić information content (AvgIpc) is 2.67. The minimum Gasteiger partial charge on any atom is -0.481 e. The van der Waals surface area contributed by atoms with Gasteiger partial charge in [0, 0.05) is 49.9 Å². The van der Waals surface area contributed by atoms with Gasteiger partial charge in [0.15, 0.2) is 0 Å². The van der Waals surface area contributed by atoms with Crippen LogP contribution in [0.1, 0.15) is 25.7 Å². The monoisotopic (exact) mass is 361 g/mol. The third-order valence-electron chi connectivity index (χ3n) is 5.37. The summed E-state index contributed by atoms with van der Waals surface area (Å²) in [5, 5.41) is 20.1. The normalized spacial score (nSPS) is 23.5. The highest BCUT2D eigenvalue weighted by atomic mass is 16.6. The van der Waals surface area contributed by atoms with Crippen molar-refractivity contribution < 1.29 is 19.6 Å². The number of aliphatic carboxylic acids is 1. The number of rotatable bonds is 4. The molecule has 1 saturated heterocycles. The van der Waals surface area contributed by atoms with Crippen LogP contribution in [-0.2, 0) is 9.59 Å². The van der Waals surface area contributed by atoms with Gasteiger partial charge < -0.3 is 14.9 Å². The molecule has 1 aromatic carbocycles. The molecule has 0 spiro atoms. The summed E-state index contributed by atoms with van der Waals surface area (Å²) in [5.41, 5.74) is 0.845. The maximum atomic E-state index is 12.7. The van der Waals surface area contributed by atoms with E-state index in [9.17, 15) is 24.8 Å². The van der Waals surface area contributed by atoms with Crippen molar-refractivity contribution in [2.75, 3.05) is 31.1 Å². The summed E-state index contributed by atoms with van der Waals surface area (Å²) in [6.45, 7) is 2.33. The van der Waals surface area contributed by atoms with Crippen LogP contribution in [0, 0.1) is 22.0 Å². The van der Waals surface area contributed by atoms with Gasteiger partial charge in [-0.3, -0.25) is 19.7 Å². The van der Waals surface area contributed by atoms with Crippen LogP contribution < -0.4 is 4.90 Å². The number of hydrogen-bond acceptors (Lipinski definition) is 5. The molecule has 8 heteroatoms. The smallest absolute Gasteiger partial charge is 0.306 e. The minimum absolute atomic E-state index is 0.0506. The summed E-state index contributed by atoms with van der Waals surface area (Å²) in [6, 6.07) is 6.52. The Morgan fingerprint density at radius 3 is 2.46 bits per heavy atom. The molecule has 26 heavy (non-hydrogen) atoms. The summed E-state index contributed by atoms with van der Waals surface area (Å²) in [5.74, 6) is -1.37. The van der Waals surface area contributed by atoms with Crippen LogP contribution in [0.5, 0.6) is 0 Å². The Morgan fingerprint density at radius 1 is 1.12 bits per heavy atom. The van der Waals surface area contributed by atoms with E-state index in [-0.39, 0.29) is 17.5 Å². The first-order valence-corrected chi connectivity index (χ1v) is 8.96. The van der Waals surface area contributed by atoms with Crippen LogP contribution in [0.2, 0.25) is 0 Å². The SMILES string of the molecule is O=C(O)C1CCCC(C(=O)N2CCN(c3cccc([N+](=O)[O-])c3)CC2)C1. The lowest BCUT2D eigenvalue weighted by Gasteiger charge is -2.38. The number of nitro groups is 1. The van der Waals surface area contributed by atoms with Gasteiger partial charge >= 0.3 is 5.97 Å². The van der Waals surface area contributed by atoms with Crippen molar-refractivity contribution in [1.82, 2.24) is 4.90 Å². The summed E-state index contributed by atoms with van der Waals surface area (Å²) in [6.07, 6.45) is 2.62. The number of amides is 1. The Kier molecular flexibility index (Phi) is 5.39. The third-order valence-corrected chi connectivity index (χ3v) is 5.37. The highest BCUT2D eigenvalue weighted by molar-refractivity contribution is 5.80. The highest BCUT2D eigenvalue weighted by Crippen LogP contribution is 2.31. The number of carboxylic acid groups (broad SMARTS) is 1. The zero-order valence-electron chi connectivity index (χ0n) is 14.5. The van der Waals surface area contributed by atoms with Gasteiger partial charge in [-0.05, 0) is 25.3 Å². The molecule has 1 aliphatic heterocycles. The van der Waals surface area contributed by atoms with E-state index >= 15 is 0 Å². The van der Waals surface area contributed by atoms with Crippen molar-refractivity contribution >= 4 is 23.3 Å². The van der Waals surface area contributed by atoms with Crippen molar-refractivity contribution in [3.05, 3.63) is 34.4 Å². The van der Waals surface area contributed by atoms with E-state index < -0.39 is 16.8 Å². The highest BCUT2D eigenvalue weighted by Gasteiger charge is 2.34. The predicted octanol–water partition coefficient (Wildman–Crippen LogP) is 2.13. The molecule has 0 radical (unpaired) electrons. The number of anilines is 1. The lowest BCUT2D eigenvalue weighted by Crippen LogP contribution is -2.51. The molecule has 2 aliphatic rings.